The zero-order valence-electron chi connectivity index (χ0n) is 7.88. The Morgan fingerprint density at radius 2 is 2.00 bits per heavy atom. The van der Waals surface area contributed by atoms with Crippen LogP contribution in [0, 0.1) is 17.3 Å². The molecule has 0 aromatic heterocycles. The summed E-state index contributed by atoms with van der Waals surface area (Å²) < 4.78 is 0. The molecule has 12 heavy (non-hydrogen) atoms. The molecule has 0 radical (unpaired) electrons. The first kappa shape index (κ1) is 8.52. The number of rotatable bonds is 1. The van der Waals surface area contributed by atoms with Crippen LogP contribution in [-0.2, 0) is 0 Å². The Balaban J connectivity index is 2.24. The van der Waals surface area contributed by atoms with Crippen molar-refractivity contribution in [3.63, 3.8) is 0 Å². The summed E-state index contributed by atoms with van der Waals surface area (Å²) in [5.41, 5.74) is -0.524. The van der Waals surface area contributed by atoms with Crippen molar-refractivity contribution in [1.82, 2.24) is 0 Å². The molecule has 0 amide bonds. The van der Waals surface area contributed by atoms with E-state index < -0.39 is 5.60 Å². The zero-order chi connectivity index (χ0) is 8.98. The molecule has 0 aromatic rings. The van der Waals surface area contributed by atoms with Crippen molar-refractivity contribution in [2.75, 3.05) is 6.61 Å². The topological polar surface area (TPSA) is 40.5 Å². The van der Waals surface area contributed by atoms with Gasteiger partial charge in [0.25, 0.3) is 0 Å². The summed E-state index contributed by atoms with van der Waals surface area (Å²) in [4.78, 5) is 0. The van der Waals surface area contributed by atoms with E-state index >= 15 is 0 Å². The van der Waals surface area contributed by atoms with Crippen LogP contribution in [0.2, 0.25) is 0 Å². The van der Waals surface area contributed by atoms with Crippen LogP contribution in [0.3, 0.4) is 0 Å². The van der Waals surface area contributed by atoms with Crippen molar-refractivity contribution in [2.45, 2.75) is 38.7 Å². The van der Waals surface area contributed by atoms with E-state index in [1.807, 2.05) is 0 Å². The SMILES string of the molecule is CC1(C)C2CC[C@H](CO)[C@@]1(O)C2. The van der Waals surface area contributed by atoms with E-state index in [0.29, 0.717) is 5.92 Å². The van der Waals surface area contributed by atoms with Crippen molar-refractivity contribution < 1.29 is 10.2 Å². The van der Waals surface area contributed by atoms with Crippen molar-refractivity contribution in [2.24, 2.45) is 17.3 Å². The van der Waals surface area contributed by atoms with Crippen molar-refractivity contribution in [1.29, 1.82) is 0 Å². The van der Waals surface area contributed by atoms with Gasteiger partial charge in [-0.25, -0.2) is 0 Å². The van der Waals surface area contributed by atoms with Crippen LogP contribution in [-0.4, -0.2) is 22.4 Å². The fraction of sp³-hybridized carbons (Fsp3) is 1.00. The minimum Gasteiger partial charge on any atom is -0.396 e. The summed E-state index contributed by atoms with van der Waals surface area (Å²) in [5, 5.41) is 19.4. The normalized spacial score (nSPS) is 50.0. The maximum atomic E-state index is 10.3. The molecule has 2 bridgehead atoms. The highest BCUT2D eigenvalue weighted by atomic mass is 16.3. The molecule has 0 saturated heterocycles. The van der Waals surface area contributed by atoms with Crippen molar-refractivity contribution in [3.8, 4) is 0 Å². The lowest BCUT2D eigenvalue weighted by atomic mass is 9.43. The average molecular weight is 170 g/mol. The van der Waals surface area contributed by atoms with Crippen LogP contribution < -0.4 is 0 Å². The monoisotopic (exact) mass is 170 g/mol. The molecule has 0 spiro atoms. The fourth-order valence-electron chi connectivity index (χ4n) is 3.16. The first-order valence-corrected chi connectivity index (χ1v) is 4.85. The highest BCUT2D eigenvalue weighted by Crippen LogP contribution is 2.63. The second kappa shape index (κ2) is 2.24. The minimum atomic E-state index is -0.565. The third-order valence-corrected chi connectivity index (χ3v) is 4.45. The van der Waals surface area contributed by atoms with Gasteiger partial charge in [-0.3, -0.25) is 0 Å². The molecule has 3 aliphatic rings. The van der Waals surface area contributed by atoms with Crippen LogP contribution in [0.1, 0.15) is 33.1 Å². The molecule has 3 fully saturated rings. The lowest BCUT2D eigenvalue weighted by Crippen LogP contribution is -2.68. The zero-order valence-corrected chi connectivity index (χ0v) is 7.88. The smallest absolute Gasteiger partial charge is 0.0753 e. The number of hydrogen-bond acceptors (Lipinski definition) is 2. The summed E-state index contributed by atoms with van der Waals surface area (Å²) in [6.07, 6.45) is 3.09. The van der Waals surface area contributed by atoms with E-state index in [9.17, 15) is 5.11 Å². The van der Waals surface area contributed by atoms with E-state index in [2.05, 4.69) is 13.8 Å². The Kier molecular flexibility index (Phi) is 1.59. The van der Waals surface area contributed by atoms with E-state index in [0.717, 1.165) is 12.8 Å². The van der Waals surface area contributed by atoms with Gasteiger partial charge in [0.15, 0.2) is 0 Å². The number of aliphatic hydroxyl groups is 2. The van der Waals surface area contributed by atoms with Gasteiger partial charge >= 0.3 is 0 Å². The first-order chi connectivity index (χ1) is 5.52. The summed E-state index contributed by atoms with van der Waals surface area (Å²) in [5.74, 6) is 0.808. The van der Waals surface area contributed by atoms with E-state index in [1.54, 1.807) is 0 Å². The van der Waals surface area contributed by atoms with Gasteiger partial charge in [0, 0.05) is 12.5 Å². The van der Waals surface area contributed by atoms with Crippen LogP contribution >= 0.6 is 0 Å². The van der Waals surface area contributed by atoms with Gasteiger partial charge < -0.3 is 10.2 Å². The quantitative estimate of drug-likeness (QED) is 0.620. The second-order valence-corrected chi connectivity index (χ2v) is 5.00. The van der Waals surface area contributed by atoms with Crippen molar-refractivity contribution >= 4 is 0 Å². The molecular formula is C10H18O2. The van der Waals surface area contributed by atoms with Crippen LogP contribution in [0.4, 0.5) is 0 Å². The van der Waals surface area contributed by atoms with Gasteiger partial charge in [-0.15, -0.1) is 0 Å². The minimum absolute atomic E-state index is 0.0403. The third-order valence-electron chi connectivity index (χ3n) is 4.45. The Bertz CT molecular complexity index is 200. The van der Waals surface area contributed by atoms with E-state index in [4.69, 9.17) is 5.11 Å². The van der Waals surface area contributed by atoms with Crippen LogP contribution in [0.15, 0.2) is 0 Å². The average Bonchev–Trinajstić information content (AvgIpc) is 2.04. The Morgan fingerprint density at radius 1 is 1.33 bits per heavy atom. The molecular weight excluding hydrogens is 152 g/mol. The molecule has 3 aliphatic carbocycles. The molecule has 2 heteroatoms. The predicted octanol–water partition coefficient (Wildman–Crippen LogP) is 1.17. The second-order valence-electron chi connectivity index (χ2n) is 5.00. The van der Waals surface area contributed by atoms with E-state index in [-0.39, 0.29) is 17.9 Å². The number of aliphatic hydroxyl groups excluding tert-OH is 1. The lowest BCUT2D eigenvalue weighted by molar-refractivity contribution is -0.261. The lowest BCUT2D eigenvalue weighted by Gasteiger charge is -2.65. The van der Waals surface area contributed by atoms with Crippen LogP contribution in [0.5, 0.6) is 0 Å². The van der Waals surface area contributed by atoms with Gasteiger partial charge in [-0.1, -0.05) is 13.8 Å². The molecule has 3 rings (SSSR count). The predicted molar refractivity (Wildman–Crippen MR) is 46.6 cm³/mol. The summed E-state index contributed by atoms with van der Waals surface area (Å²) in [6.45, 7) is 4.40. The summed E-state index contributed by atoms with van der Waals surface area (Å²) in [6, 6.07) is 0. The van der Waals surface area contributed by atoms with Gasteiger partial charge in [0.2, 0.25) is 0 Å². The summed E-state index contributed by atoms with van der Waals surface area (Å²) >= 11 is 0. The van der Waals surface area contributed by atoms with E-state index in [1.165, 1.54) is 6.42 Å². The van der Waals surface area contributed by atoms with Gasteiger partial charge in [-0.05, 0) is 30.6 Å². The maximum Gasteiger partial charge on any atom is 0.0753 e. The largest absolute Gasteiger partial charge is 0.396 e. The highest BCUT2D eigenvalue weighted by molar-refractivity contribution is 5.14. The van der Waals surface area contributed by atoms with Gasteiger partial charge in [0.05, 0.1) is 5.60 Å². The van der Waals surface area contributed by atoms with Gasteiger partial charge in [-0.2, -0.15) is 0 Å². The molecule has 70 valence electrons. The molecule has 2 nitrogen and oxygen atoms in total. The fourth-order valence-corrected chi connectivity index (χ4v) is 3.16. The van der Waals surface area contributed by atoms with Crippen LogP contribution in [0.25, 0.3) is 0 Å². The Hall–Kier alpha value is -0.0800. The molecule has 0 heterocycles. The molecule has 3 saturated carbocycles. The highest BCUT2D eigenvalue weighted by Gasteiger charge is 2.64. The standard InChI is InChI=1S/C10H18O2/c1-9(2)7-3-4-8(6-11)10(9,12)5-7/h7-8,11-12H,3-6H2,1-2H3/t7?,8-,10+/m1/s1. The molecule has 2 N–H and O–H groups in total. The van der Waals surface area contributed by atoms with Crippen molar-refractivity contribution in [3.05, 3.63) is 0 Å². The molecule has 3 atom stereocenters. The summed E-state index contributed by atoms with van der Waals surface area (Å²) in [7, 11) is 0. The third kappa shape index (κ3) is 0.728. The Morgan fingerprint density at radius 3 is 2.42 bits per heavy atom. The number of fused-ring (bicyclic) bond motifs is 2. The number of hydrogen-bond donors (Lipinski definition) is 2. The Labute approximate surface area is 73.6 Å². The van der Waals surface area contributed by atoms with Gasteiger partial charge in [0.1, 0.15) is 0 Å². The molecule has 0 aromatic carbocycles. The maximum absolute atomic E-state index is 10.3. The first-order valence-electron chi connectivity index (χ1n) is 4.85. The molecule has 0 aliphatic heterocycles. The molecule has 1 unspecified atom stereocenters.